The van der Waals surface area contributed by atoms with E-state index in [4.69, 9.17) is 14.2 Å². The van der Waals surface area contributed by atoms with Gasteiger partial charge in [-0.2, -0.15) is 0 Å². The number of nitrogens with zero attached hydrogens (tertiary/aromatic N) is 2. The molecule has 2 aromatic carbocycles. The van der Waals surface area contributed by atoms with Gasteiger partial charge in [-0.05, 0) is 41.5 Å². The molecule has 192 valence electrons. The van der Waals surface area contributed by atoms with Crippen LogP contribution < -0.4 is 26.0 Å². The normalized spacial score (nSPS) is 10.8. The van der Waals surface area contributed by atoms with Gasteiger partial charge in [0.15, 0.2) is 0 Å². The number of benzene rings is 2. The molecule has 0 atom stereocenters. The van der Waals surface area contributed by atoms with Gasteiger partial charge in [0.25, 0.3) is 11.5 Å². The lowest BCUT2D eigenvalue weighted by Crippen LogP contribution is -2.38. The van der Waals surface area contributed by atoms with E-state index in [1.807, 2.05) is 24.3 Å². The second-order valence-electron chi connectivity index (χ2n) is 8.12. The molecule has 0 radical (unpaired) electrons. The van der Waals surface area contributed by atoms with Crippen LogP contribution in [0, 0.1) is 0 Å². The highest BCUT2D eigenvalue weighted by Gasteiger charge is 2.19. The smallest absolute Gasteiger partial charge is 0.341 e. The summed E-state index contributed by atoms with van der Waals surface area (Å²) < 4.78 is 17.7. The number of fused-ring (bicyclic) bond motifs is 1. The van der Waals surface area contributed by atoms with E-state index in [0.717, 1.165) is 21.5 Å². The van der Waals surface area contributed by atoms with Gasteiger partial charge in [-0.1, -0.05) is 18.2 Å². The van der Waals surface area contributed by atoms with Gasteiger partial charge in [-0.15, -0.1) is 11.3 Å². The van der Waals surface area contributed by atoms with Crippen LogP contribution in [0.4, 0.5) is 0 Å². The van der Waals surface area contributed by atoms with Crippen LogP contribution >= 0.6 is 11.3 Å². The molecule has 0 bridgehead atoms. The molecule has 2 heterocycles. The second-order valence-corrected chi connectivity index (χ2v) is 9.15. The summed E-state index contributed by atoms with van der Waals surface area (Å²) in [4.78, 5) is 51.8. The van der Waals surface area contributed by atoms with Crippen LogP contribution in [0.15, 0.2) is 58.1 Å². The van der Waals surface area contributed by atoms with Crippen LogP contribution in [0.5, 0.6) is 11.5 Å². The Morgan fingerprint density at radius 1 is 0.973 bits per heavy atom. The topological polar surface area (TPSA) is 118 Å². The molecule has 1 N–H and O–H groups in total. The SMILES string of the molecule is COC(=O)c1ccc(Cn2c(=O)c3cc(C(=O)NCc4cccc(OC)c4)sc3n(C)c2=O)cc1OC. The molecule has 4 aromatic rings. The number of thiophene rings is 1. The van der Waals surface area contributed by atoms with Crippen LogP contribution in [0.2, 0.25) is 0 Å². The van der Waals surface area contributed by atoms with E-state index in [1.165, 1.54) is 30.9 Å². The number of aryl methyl sites for hydroxylation is 1. The fourth-order valence-electron chi connectivity index (χ4n) is 3.88. The monoisotopic (exact) mass is 523 g/mol. The van der Waals surface area contributed by atoms with Crippen molar-refractivity contribution in [2.45, 2.75) is 13.1 Å². The van der Waals surface area contributed by atoms with E-state index >= 15 is 0 Å². The fourth-order valence-corrected chi connectivity index (χ4v) is 4.90. The number of amides is 1. The van der Waals surface area contributed by atoms with Crippen molar-refractivity contribution in [3.05, 3.63) is 90.9 Å². The molecule has 37 heavy (non-hydrogen) atoms. The number of hydrogen-bond acceptors (Lipinski definition) is 8. The van der Waals surface area contributed by atoms with Gasteiger partial charge in [0.05, 0.1) is 38.1 Å². The maximum absolute atomic E-state index is 13.3. The molecule has 0 unspecified atom stereocenters. The lowest BCUT2D eigenvalue weighted by atomic mass is 10.1. The van der Waals surface area contributed by atoms with Gasteiger partial charge in [0.2, 0.25) is 0 Å². The van der Waals surface area contributed by atoms with Crippen molar-refractivity contribution in [2.75, 3.05) is 21.3 Å². The number of ether oxygens (including phenoxy) is 3. The first-order valence-corrected chi connectivity index (χ1v) is 12.0. The summed E-state index contributed by atoms with van der Waals surface area (Å²) >= 11 is 1.07. The third-order valence-corrected chi connectivity index (χ3v) is 7.04. The summed E-state index contributed by atoms with van der Waals surface area (Å²) in [6.07, 6.45) is 0. The molecule has 0 saturated carbocycles. The quantitative estimate of drug-likeness (QED) is 0.353. The molecule has 1 amide bonds. The minimum atomic E-state index is -0.562. The highest BCUT2D eigenvalue weighted by molar-refractivity contribution is 7.20. The molecule has 4 rings (SSSR count). The van der Waals surface area contributed by atoms with Gasteiger partial charge in [0.1, 0.15) is 21.9 Å². The summed E-state index contributed by atoms with van der Waals surface area (Å²) in [6.45, 7) is 0.226. The van der Waals surface area contributed by atoms with Gasteiger partial charge in [0, 0.05) is 13.6 Å². The zero-order valence-corrected chi connectivity index (χ0v) is 21.5. The van der Waals surface area contributed by atoms with E-state index in [2.05, 4.69) is 5.32 Å². The Morgan fingerprint density at radius 3 is 2.46 bits per heavy atom. The first-order valence-electron chi connectivity index (χ1n) is 11.2. The van der Waals surface area contributed by atoms with Crippen LogP contribution in [-0.4, -0.2) is 42.3 Å². The van der Waals surface area contributed by atoms with Crippen molar-refractivity contribution in [1.82, 2.24) is 14.5 Å². The Morgan fingerprint density at radius 2 is 1.76 bits per heavy atom. The lowest BCUT2D eigenvalue weighted by molar-refractivity contribution is 0.0597. The van der Waals surface area contributed by atoms with Crippen molar-refractivity contribution in [3.63, 3.8) is 0 Å². The molecule has 0 aliphatic heterocycles. The molecule has 0 aliphatic rings. The number of methoxy groups -OCH3 is 3. The van der Waals surface area contributed by atoms with Gasteiger partial charge in [-0.3, -0.25) is 18.7 Å². The van der Waals surface area contributed by atoms with Gasteiger partial charge < -0.3 is 19.5 Å². The summed E-state index contributed by atoms with van der Waals surface area (Å²) in [5.74, 6) is 0.0291. The van der Waals surface area contributed by atoms with Gasteiger partial charge >= 0.3 is 11.7 Å². The number of rotatable bonds is 8. The van der Waals surface area contributed by atoms with E-state index in [1.54, 1.807) is 26.3 Å². The first-order chi connectivity index (χ1) is 17.8. The number of nitrogens with one attached hydrogen (secondary N) is 1. The lowest BCUT2D eigenvalue weighted by Gasteiger charge is -2.11. The predicted octanol–water partition coefficient (Wildman–Crippen LogP) is 2.54. The Labute approximate surface area is 215 Å². The second kappa shape index (κ2) is 10.7. The molecular weight excluding hydrogens is 498 g/mol. The molecule has 0 spiro atoms. The molecule has 11 heteroatoms. The zero-order chi connectivity index (χ0) is 26.7. The van der Waals surface area contributed by atoms with Gasteiger partial charge in [-0.25, -0.2) is 9.59 Å². The van der Waals surface area contributed by atoms with E-state index in [9.17, 15) is 19.2 Å². The first kappa shape index (κ1) is 25.7. The van der Waals surface area contributed by atoms with E-state index in [0.29, 0.717) is 21.0 Å². The molecular formula is C26H25N3O7S. The average molecular weight is 524 g/mol. The number of carbonyl (C=O) groups excluding carboxylic acids is 2. The Kier molecular flexibility index (Phi) is 7.44. The molecule has 2 aromatic heterocycles. The molecule has 0 aliphatic carbocycles. The maximum Gasteiger partial charge on any atom is 0.341 e. The van der Waals surface area contributed by atoms with E-state index in [-0.39, 0.29) is 35.7 Å². The minimum Gasteiger partial charge on any atom is -0.497 e. The minimum absolute atomic E-state index is 0.0491. The van der Waals surface area contributed by atoms with Crippen LogP contribution in [0.25, 0.3) is 10.2 Å². The third-order valence-electron chi connectivity index (χ3n) is 5.83. The summed E-state index contributed by atoms with van der Waals surface area (Å²) in [6, 6.07) is 13.5. The largest absolute Gasteiger partial charge is 0.497 e. The molecule has 10 nitrogen and oxygen atoms in total. The fraction of sp³-hybridized carbons (Fsp3) is 0.231. The summed E-state index contributed by atoms with van der Waals surface area (Å²) in [7, 11) is 5.80. The van der Waals surface area contributed by atoms with E-state index < -0.39 is 17.2 Å². The Bertz CT molecular complexity index is 1620. The van der Waals surface area contributed by atoms with Crippen LogP contribution in [0.1, 0.15) is 31.2 Å². The third kappa shape index (κ3) is 5.12. The summed E-state index contributed by atoms with van der Waals surface area (Å²) in [5.41, 5.74) is 0.620. The highest BCUT2D eigenvalue weighted by Crippen LogP contribution is 2.24. The Balaban J connectivity index is 1.63. The number of aromatic nitrogens is 2. The number of carbonyl (C=O) groups is 2. The number of esters is 1. The maximum atomic E-state index is 13.3. The van der Waals surface area contributed by atoms with Crippen molar-refractivity contribution < 1.29 is 23.8 Å². The van der Waals surface area contributed by atoms with Crippen molar-refractivity contribution >= 4 is 33.4 Å². The Hall–Kier alpha value is -4.38. The summed E-state index contributed by atoms with van der Waals surface area (Å²) in [5, 5.41) is 3.10. The van der Waals surface area contributed by atoms with Crippen molar-refractivity contribution in [1.29, 1.82) is 0 Å². The predicted molar refractivity (Wildman–Crippen MR) is 139 cm³/mol. The zero-order valence-electron chi connectivity index (χ0n) is 20.7. The number of hydrogen-bond donors (Lipinski definition) is 1. The molecule has 0 fully saturated rings. The van der Waals surface area contributed by atoms with Crippen molar-refractivity contribution in [2.24, 2.45) is 7.05 Å². The van der Waals surface area contributed by atoms with Crippen molar-refractivity contribution in [3.8, 4) is 11.5 Å². The average Bonchev–Trinajstić information content (AvgIpc) is 3.38. The molecule has 0 saturated heterocycles. The van der Waals surface area contributed by atoms with Crippen LogP contribution in [0.3, 0.4) is 0 Å². The standard InChI is InChI=1S/C26H25N3O7S/c1-28-24-19(12-21(37-24)22(30)27-13-15-6-5-7-17(10-15)34-2)23(31)29(26(28)33)14-16-8-9-18(25(32)36-4)20(11-16)35-3/h5-12H,13-14H2,1-4H3,(H,27,30). The van der Waals surface area contributed by atoms with Crippen LogP contribution in [-0.2, 0) is 24.9 Å². The highest BCUT2D eigenvalue weighted by atomic mass is 32.1.